The molecule has 0 bridgehead atoms. The first-order chi connectivity index (χ1) is 10.9. The molecule has 6 heteroatoms. The number of urea groups is 1. The molecule has 1 aromatic carbocycles. The maximum Gasteiger partial charge on any atom is 0.325 e. The first-order valence-corrected chi connectivity index (χ1v) is 8.69. The van der Waals surface area contributed by atoms with Crippen molar-refractivity contribution in [2.75, 3.05) is 0 Å². The van der Waals surface area contributed by atoms with Crippen molar-refractivity contribution >= 4 is 33.5 Å². The highest BCUT2D eigenvalue weighted by atomic mass is 32.1. The topological polar surface area (TPSA) is 62.3 Å². The summed E-state index contributed by atoms with van der Waals surface area (Å²) >= 11 is 1.52. The van der Waals surface area contributed by atoms with E-state index in [-0.39, 0.29) is 18.5 Å². The Morgan fingerprint density at radius 2 is 2.04 bits per heavy atom. The molecule has 23 heavy (non-hydrogen) atoms. The zero-order chi connectivity index (χ0) is 16.6. The van der Waals surface area contributed by atoms with Crippen molar-refractivity contribution in [3.05, 3.63) is 29.3 Å². The third-order valence-corrected chi connectivity index (χ3v) is 5.22. The van der Waals surface area contributed by atoms with Crippen LogP contribution in [0.3, 0.4) is 0 Å². The molecule has 3 amide bonds. The highest BCUT2D eigenvalue weighted by molar-refractivity contribution is 7.18. The number of para-hydroxylation sites is 1. The quantitative estimate of drug-likeness (QED) is 0.852. The molecule has 1 N–H and O–H groups in total. The van der Waals surface area contributed by atoms with Crippen LogP contribution in [0.25, 0.3) is 10.2 Å². The van der Waals surface area contributed by atoms with E-state index in [9.17, 15) is 9.59 Å². The molecule has 1 atom stereocenters. The maximum atomic E-state index is 12.7. The lowest BCUT2D eigenvalue weighted by Gasteiger charge is -2.22. The molecular formula is C17H21N3O2S. The number of fused-ring (bicyclic) bond motifs is 1. The number of nitrogens with zero attached hydrogens (tertiary/aromatic N) is 2. The molecule has 0 aliphatic carbocycles. The van der Waals surface area contributed by atoms with Crippen molar-refractivity contribution in [3.63, 3.8) is 0 Å². The van der Waals surface area contributed by atoms with E-state index in [2.05, 4.69) is 24.1 Å². The molecule has 1 saturated heterocycles. The van der Waals surface area contributed by atoms with Crippen molar-refractivity contribution in [3.8, 4) is 0 Å². The molecular weight excluding hydrogens is 310 g/mol. The Balaban J connectivity index is 1.77. The lowest BCUT2D eigenvalue weighted by atomic mass is 9.92. The van der Waals surface area contributed by atoms with E-state index in [1.165, 1.54) is 16.2 Å². The summed E-state index contributed by atoms with van der Waals surface area (Å²) in [5, 5.41) is 3.63. The first kappa shape index (κ1) is 15.9. The van der Waals surface area contributed by atoms with Crippen LogP contribution in [-0.2, 0) is 11.3 Å². The highest BCUT2D eigenvalue weighted by Crippen LogP contribution is 2.28. The molecule has 2 aromatic rings. The van der Waals surface area contributed by atoms with Crippen LogP contribution in [0.1, 0.15) is 38.6 Å². The number of carbonyl (C=O) groups excluding carboxylic acids is 2. The predicted octanol–water partition coefficient (Wildman–Crippen LogP) is 3.54. The smallest absolute Gasteiger partial charge is 0.323 e. The second-order valence-corrected chi connectivity index (χ2v) is 7.78. The molecule has 1 unspecified atom stereocenters. The van der Waals surface area contributed by atoms with E-state index in [1.54, 1.807) is 0 Å². The molecule has 1 aliphatic heterocycles. The molecule has 0 spiro atoms. The summed E-state index contributed by atoms with van der Waals surface area (Å²) in [6.45, 7) is 6.28. The number of hydrogen-bond donors (Lipinski definition) is 1. The van der Waals surface area contributed by atoms with Gasteiger partial charge in [-0.05, 0) is 37.8 Å². The Morgan fingerprint density at radius 3 is 2.74 bits per heavy atom. The van der Waals surface area contributed by atoms with E-state index in [1.807, 2.05) is 31.2 Å². The van der Waals surface area contributed by atoms with Crippen molar-refractivity contribution < 1.29 is 9.59 Å². The maximum absolute atomic E-state index is 12.7. The number of rotatable bonds is 5. The number of aromatic nitrogens is 1. The van der Waals surface area contributed by atoms with Gasteiger partial charge in [0.15, 0.2) is 0 Å². The molecule has 3 rings (SSSR count). The number of carbonyl (C=O) groups is 2. The van der Waals surface area contributed by atoms with Gasteiger partial charge in [0.05, 0.1) is 16.8 Å². The average Bonchev–Trinajstić information content (AvgIpc) is 3.00. The van der Waals surface area contributed by atoms with Crippen molar-refractivity contribution in [1.29, 1.82) is 0 Å². The largest absolute Gasteiger partial charge is 0.325 e. The summed E-state index contributed by atoms with van der Waals surface area (Å²) < 4.78 is 1.07. The van der Waals surface area contributed by atoms with Gasteiger partial charge in [-0.25, -0.2) is 9.78 Å². The first-order valence-electron chi connectivity index (χ1n) is 7.87. The van der Waals surface area contributed by atoms with Gasteiger partial charge in [0.25, 0.3) is 5.91 Å². The molecule has 0 radical (unpaired) electrons. The summed E-state index contributed by atoms with van der Waals surface area (Å²) in [7, 11) is 0. The summed E-state index contributed by atoms with van der Waals surface area (Å²) in [6.07, 6.45) is 1.56. The van der Waals surface area contributed by atoms with Crippen LogP contribution in [0, 0.1) is 5.92 Å². The fourth-order valence-electron chi connectivity index (χ4n) is 2.76. The van der Waals surface area contributed by atoms with Gasteiger partial charge in [-0.2, -0.15) is 0 Å². The second-order valence-electron chi connectivity index (χ2n) is 6.66. The van der Waals surface area contributed by atoms with Crippen LogP contribution in [-0.4, -0.2) is 27.4 Å². The Labute approximate surface area is 139 Å². The molecule has 122 valence electrons. The predicted molar refractivity (Wildman–Crippen MR) is 91.2 cm³/mol. The van der Waals surface area contributed by atoms with E-state index in [0.717, 1.165) is 21.6 Å². The zero-order valence-electron chi connectivity index (χ0n) is 13.6. The van der Waals surface area contributed by atoms with E-state index < -0.39 is 5.54 Å². The average molecular weight is 331 g/mol. The lowest BCUT2D eigenvalue weighted by Crippen LogP contribution is -2.44. The van der Waals surface area contributed by atoms with Gasteiger partial charge in [-0.3, -0.25) is 9.69 Å². The number of imide groups is 1. The molecule has 5 nitrogen and oxygen atoms in total. The minimum atomic E-state index is -0.794. The lowest BCUT2D eigenvalue weighted by molar-refractivity contribution is -0.131. The summed E-state index contributed by atoms with van der Waals surface area (Å²) in [6, 6.07) is 7.51. The van der Waals surface area contributed by atoms with Gasteiger partial charge in [-0.1, -0.05) is 26.0 Å². The standard InChI is InChI=1S/C17H21N3O2S/c1-11(2)8-9-17(3)15(21)20(16(22)19-17)10-14-18-12-6-4-5-7-13(12)23-14/h4-7,11H,8-10H2,1-3H3,(H,19,22). The fraction of sp³-hybridized carbons (Fsp3) is 0.471. The van der Waals surface area contributed by atoms with Crippen LogP contribution in [0.4, 0.5) is 4.79 Å². The highest BCUT2D eigenvalue weighted by Gasteiger charge is 2.47. The molecule has 1 fully saturated rings. The molecule has 1 aliphatic rings. The van der Waals surface area contributed by atoms with Gasteiger partial charge < -0.3 is 5.32 Å². The van der Waals surface area contributed by atoms with Crippen LogP contribution in [0.15, 0.2) is 24.3 Å². The summed E-state index contributed by atoms with van der Waals surface area (Å²) in [4.78, 5) is 30.7. The summed E-state index contributed by atoms with van der Waals surface area (Å²) in [5.74, 6) is 0.345. The fourth-order valence-corrected chi connectivity index (χ4v) is 3.72. The zero-order valence-corrected chi connectivity index (χ0v) is 14.4. The van der Waals surface area contributed by atoms with Gasteiger partial charge >= 0.3 is 6.03 Å². The Kier molecular flexibility index (Phi) is 4.10. The minimum Gasteiger partial charge on any atom is -0.323 e. The Bertz CT molecular complexity index is 722. The number of nitrogens with one attached hydrogen (secondary N) is 1. The van der Waals surface area contributed by atoms with E-state index in [4.69, 9.17) is 0 Å². The van der Waals surface area contributed by atoms with Crippen molar-refractivity contribution in [1.82, 2.24) is 15.2 Å². The van der Waals surface area contributed by atoms with Crippen LogP contribution < -0.4 is 5.32 Å². The van der Waals surface area contributed by atoms with Gasteiger partial charge in [0, 0.05) is 0 Å². The van der Waals surface area contributed by atoms with E-state index >= 15 is 0 Å². The van der Waals surface area contributed by atoms with Crippen molar-refractivity contribution in [2.45, 2.75) is 45.7 Å². The molecule has 0 saturated carbocycles. The number of hydrogen-bond acceptors (Lipinski definition) is 4. The normalized spacial score (nSPS) is 21.5. The Hall–Kier alpha value is -1.95. The van der Waals surface area contributed by atoms with Crippen molar-refractivity contribution in [2.24, 2.45) is 5.92 Å². The number of amides is 3. The second kappa shape index (κ2) is 5.92. The SMILES string of the molecule is CC(C)CCC1(C)NC(=O)N(Cc2nc3ccccc3s2)C1=O. The molecule has 2 heterocycles. The third-order valence-electron chi connectivity index (χ3n) is 4.20. The molecule has 1 aromatic heterocycles. The van der Waals surface area contributed by atoms with Gasteiger partial charge in [0.2, 0.25) is 0 Å². The van der Waals surface area contributed by atoms with Gasteiger partial charge in [0.1, 0.15) is 10.5 Å². The minimum absolute atomic E-state index is 0.151. The van der Waals surface area contributed by atoms with Crippen LogP contribution in [0.5, 0.6) is 0 Å². The number of benzene rings is 1. The number of thiazole rings is 1. The Morgan fingerprint density at radius 1 is 1.30 bits per heavy atom. The van der Waals surface area contributed by atoms with Crippen LogP contribution in [0.2, 0.25) is 0 Å². The third kappa shape index (κ3) is 3.08. The monoisotopic (exact) mass is 331 g/mol. The van der Waals surface area contributed by atoms with Crippen LogP contribution >= 0.6 is 11.3 Å². The summed E-state index contributed by atoms with van der Waals surface area (Å²) in [5.41, 5.74) is 0.111. The van der Waals surface area contributed by atoms with Gasteiger partial charge in [-0.15, -0.1) is 11.3 Å². The van der Waals surface area contributed by atoms with E-state index in [0.29, 0.717) is 12.3 Å².